The lowest BCUT2D eigenvalue weighted by atomic mass is 10.1. The van der Waals surface area contributed by atoms with Crippen molar-refractivity contribution in [3.05, 3.63) is 32.9 Å². The van der Waals surface area contributed by atoms with E-state index in [2.05, 4.69) is 0 Å². The topological polar surface area (TPSA) is 17.1 Å². The minimum Gasteiger partial charge on any atom is -0.294 e. The highest BCUT2D eigenvalue weighted by molar-refractivity contribution is 14.1. The van der Waals surface area contributed by atoms with Crippen LogP contribution in [0.3, 0.4) is 0 Å². The van der Waals surface area contributed by atoms with E-state index < -0.39 is 11.7 Å². The molecule has 0 N–H and O–H groups in total. The third-order valence-electron chi connectivity index (χ3n) is 1.67. The second kappa shape index (κ2) is 3.88. The summed E-state index contributed by atoms with van der Waals surface area (Å²) < 4.78 is 37.3. The van der Waals surface area contributed by atoms with E-state index in [9.17, 15) is 18.0 Å². The lowest BCUT2D eigenvalue weighted by molar-refractivity contribution is -0.137. The Bertz CT molecular complexity index is 371. The van der Waals surface area contributed by atoms with Crippen LogP contribution in [0.1, 0.15) is 22.8 Å². The molecule has 0 saturated carbocycles. The Morgan fingerprint density at radius 1 is 1.36 bits per heavy atom. The van der Waals surface area contributed by atoms with Crippen molar-refractivity contribution < 1.29 is 18.0 Å². The largest absolute Gasteiger partial charge is 0.416 e. The molecule has 1 rings (SSSR count). The van der Waals surface area contributed by atoms with Crippen LogP contribution in [-0.4, -0.2) is 5.78 Å². The van der Waals surface area contributed by atoms with Crippen LogP contribution in [0.2, 0.25) is 0 Å². The summed E-state index contributed by atoms with van der Waals surface area (Å²) >= 11 is 1.83. The van der Waals surface area contributed by atoms with Crippen LogP contribution in [0.5, 0.6) is 0 Å². The quantitative estimate of drug-likeness (QED) is 0.573. The molecule has 1 nitrogen and oxygen atoms in total. The molecule has 0 spiro atoms. The van der Waals surface area contributed by atoms with Crippen LogP contribution >= 0.6 is 22.6 Å². The van der Waals surface area contributed by atoms with Crippen molar-refractivity contribution in [3.63, 3.8) is 0 Å². The maximum absolute atomic E-state index is 12.2. The SMILES string of the molecule is CC(=O)c1cc(C(F)(F)F)ccc1I. The van der Waals surface area contributed by atoms with Crippen LogP contribution in [0, 0.1) is 3.57 Å². The van der Waals surface area contributed by atoms with Gasteiger partial charge in [0.15, 0.2) is 5.78 Å². The van der Waals surface area contributed by atoms with E-state index in [0.29, 0.717) is 3.57 Å². The van der Waals surface area contributed by atoms with Gasteiger partial charge < -0.3 is 0 Å². The molecule has 1 aromatic carbocycles. The molecule has 0 unspecified atom stereocenters. The van der Waals surface area contributed by atoms with E-state index >= 15 is 0 Å². The van der Waals surface area contributed by atoms with E-state index in [1.54, 1.807) is 0 Å². The predicted molar refractivity (Wildman–Crippen MR) is 54.2 cm³/mol. The summed E-state index contributed by atoms with van der Waals surface area (Å²) in [4.78, 5) is 11.0. The zero-order valence-electron chi connectivity index (χ0n) is 7.15. The Kier molecular flexibility index (Phi) is 3.18. The van der Waals surface area contributed by atoms with Crippen molar-refractivity contribution in [2.24, 2.45) is 0 Å². The normalized spacial score (nSPS) is 11.5. The van der Waals surface area contributed by atoms with Gasteiger partial charge in [-0.25, -0.2) is 0 Å². The molecule has 5 heteroatoms. The highest BCUT2D eigenvalue weighted by Gasteiger charge is 2.31. The number of hydrogen-bond acceptors (Lipinski definition) is 1. The summed E-state index contributed by atoms with van der Waals surface area (Å²) in [5, 5.41) is 0. The minimum atomic E-state index is -4.39. The number of hydrogen-bond donors (Lipinski definition) is 0. The van der Waals surface area contributed by atoms with Crippen LogP contribution in [0.25, 0.3) is 0 Å². The molecule has 0 radical (unpaired) electrons. The van der Waals surface area contributed by atoms with Gasteiger partial charge in [0.25, 0.3) is 0 Å². The van der Waals surface area contributed by atoms with Crippen molar-refractivity contribution in [2.45, 2.75) is 13.1 Å². The minimum absolute atomic E-state index is 0.112. The van der Waals surface area contributed by atoms with Crippen molar-refractivity contribution >= 4 is 28.4 Å². The first-order chi connectivity index (χ1) is 6.32. The number of carbonyl (C=O) groups is 1. The van der Waals surface area contributed by atoms with Gasteiger partial charge in [-0.15, -0.1) is 0 Å². The summed E-state index contributed by atoms with van der Waals surface area (Å²) in [5.41, 5.74) is -0.677. The number of carbonyl (C=O) groups excluding carboxylic acids is 1. The molecule has 1 aromatic rings. The highest BCUT2D eigenvalue weighted by atomic mass is 127. The number of benzene rings is 1. The van der Waals surface area contributed by atoms with Gasteiger partial charge in [-0.05, 0) is 47.7 Å². The molecule has 0 fully saturated rings. The summed E-state index contributed by atoms with van der Waals surface area (Å²) in [6, 6.07) is 3.14. The summed E-state index contributed by atoms with van der Waals surface area (Å²) in [6.07, 6.45) is -4.39. The van der Waals surface area contributed by atoms with Crippen LogP contribution in [0.4, 0.5) is 13.2 Å². The second-order valence-electron chi connectivity index (χ2n) is 2.75. The third kappa shape index (κ3) is 2.46. The van der Waals surface area contributed by atoms with Crippen molar-refractivity contribution in [1.29, 1.82) is 0 Å². The molecule has 0 aliphatic carbocycles. The molecule has 0 aromatic heterocycles. The number of Topliss-reactive ketones (excluding diaryl/α,β-unsaturated/α-hetero) is 1. The lowest BCUT2D eigenvalue weighted by Gasteiger charge is -2.08. The third-order valence-corrected chi connectivity index (χ3v) is 2.61. The second-order valence-corrected chi connectivity index (χ2v) is 3.91. The van der Waals surface area contributed by atoms with E-state index in [1.165, 1.54) is 13.0 Å². The van der Waals surface area contributed by atoms with E-state index in [4.69, 9.17) is 0 Å². The number of ketones is 1. The fraction of sp³-hybridized carbons (Fsp3) is 0.222. The van der Waals surface area contributed by atoms with E-state index in [1.807, 2.05) is 22.6 Å². The molecule has 0 bridgehead atoms. The molecule has 0 atom stereocenters. The first-order valence-corrected chi connectivity index (χ1v) is 4.78. The lowest BCUT2D eigenvalue weighted by Crippen LogP contribution is -2.07. The van der Waals surface area contributed by atoms with Crippen molar-refractivity contribution in [3.8, 4) is 0 Å². The van der Waals surface area contributed by atoms with Gasteiger partial charge >= 0.3 is 6.18 Å². The molecule has 0 heterocycles. The fourth-order valence-corrected chi connectivity index (χ4v) is 1.69. The van der Waals surface area contributed by atoms with Gasteiger partial charge in [-0.1, -0.05) is 0 Å². The number of alkyl halides is 3. The van der Waals surface area contributed by atoms with Crippen molar-refractivity contribution in [1.82, 2.24) is 0 Å². The van der Waals surface area contributed by atoms with E-state index in [0.717, 1.165) is 12.1 Å². The molecule has 0 aliphatic rings. The molecule has 76 valence electrons. The summed E-state index contributed by atoms with van der Waals surface area (Å²) in [5.74, 6) is -0.361. The summed E-state index contributed by atoms with van der Waals surface area (Å²) in [6.45, 7) is 1.25. The summed E-state index contributed by atoms with van der Waals surface area (Å²) in [7, 11) is 0. The zero-order chi connectivity index (χ0) is 10.9. The molecule has 0 amide bonds. The fourth-order valence-electron chi connectivity index (χ4n) is 0.971. The first-order valence-electron chi connectivity index (χ1n) is 3.70. The Morgan fingerprint density at radius 2 is 1.93 bits per heavy atom. The average molecular weight is 314 g/mol. The van der Waals surface area contributed by atoms with Gasteiger partial charge in [-0.3, -0.25) is 4.79 Å². The number of rotatable bonds is 1. The Labute approximate surface area is 92.4 Å². The maximum Gasteiger partial charge on any atom is 0.416 e. The molecule has 0 aliphatic heterocycles. The molecule has 14 heavy (non-hydrogen) atoms. The number of halogens is 4. The average Bonchev–Trinajstić information content (AvgIpc) is 2.02. The molecular weight excluding hydrogens is 308 g/mol. The van der Waals surface area contributed by atoms with Crippen LogP contribution < -0.4 is 0 Å². The van der Waals surface area contributed by atoms with Crippen molar-refractivity contribution in [2.75, 3.05) is 0 Å². The Balaban J connectivity index is 3.27. The monoisotopic (exact) mass is 314 g/mol. The van der Waals surface area contributed by atoms with E-state index in [-0.39, 0.29) is 11.3 Å². The van der Waals surface area contributed by atoms with Crippen LogP contribution in [0.15, 0.2) is 18.2 Å². The smallest absolute Gasteiger partial charge is 0.294 e. The van der Waals surface area contributed by atoms with Gasteiger partial charge in [0, 0.05) is 9.13 Å². The zero-order valence-corrected chi connectivity index (χ0v) is 9.31. The predicted octanol–water partition coefficient (Wildman–Crippen LogP) is 3.51. The Hall–Kier alpha value is -0.590. The first kappa shape index (κ1) is 11.5. The highest BCUT2D eigenvalue weighted by Crippen LogP contribution is 2.30. The standard InChI is InChI=1S/C9H6F3IO/c1-5(14)7-4-6(9(10,11)12)2-3-8(7)13/h2-4H,1H3. The van der Waals surface area contributed by atoms with Gasteiger partial charge in [0.2, 0.25) is 0 Å². The maximum atomic E-state index is 12.2. The van der Waals surface area contributed by atoms with Gasteiger partial charge in [0.1, 0.15) is 0 Å². The molecule has 0 saturated heterocycles. The molecular formula is C9H6F3IO. The van der Waals surface area contributed by atoms with Gasteiger partial charge in [0.05, 0.1) is 5.56 Å². The van der Waals surface area contributed by atoms with Gasteiger partial charge in [-0.2, -0.15) is 13.2 Å². The Morgan fingerprint density at radius 3 is 2.36 bits per heavy atom. The van der Waals surface area contributed by atoms with Crippen LogP contribution in [-0.2, 0) is 6.18 Å².